The summed E-state index contributed by atoms with van der Waals surface area (Å²) in [7, 11) is 0. The van der Waals surface area contributed by atoms with Crippen molar-refractivity contribution in [1.29, 1.82) is 0 Å². The monoisotopic (exact) mass is 392 g/mol. The normalized spacial score (nSPS) is 14.9. The molecule has 0 aliphatic heterocycles. The second-order valence-corrected chi connectivity index (χ2v) is 8.70. The van der Waals surface area contributed by atoms with Crippen LogP contribution in [0.2, 0.25) is 0 Å². The molecule has 1 saturated carbocycles. The third-order valence-electron chi connectivity index (χ3n) is 5.22. The summed E-state index contributed by atoms with van der Waals surface area (Å²) in [5.41, 5.74) is 1.60. The van der Waals surface area contributed by atoms with Crippen LogP contribution in [0.15, 0.2) is 74.8 Å². The summed E-state index contributed by atoms with van der Waals surface area (Å²) in [5.74, 6) is 0.369. The van der Waals surface area contributed by atoms with Crippen molar-refractivity contribution >= 4 is 11.8 Å². The highest BCUT2D eigenvalue weighted by Gasteiger charge is 2.16. The van der Waals surface area contributed by atoms with Crippen LogP contribution in [0.5, 0.6) is 5.75 Å². The summed E-state index contributed by atoms with van der Waals surface area (Å²) >= 11 is 1.93. The fraction of sp³-hybridized carbons (Fsp3) is 0.292. The molecule has 4 rings (SSSR count). The molecule has 0 radical (unpaired) electrons. The van der Waals surface area contributed by atoms with Gasteiger partial charge in [-0.15, -0.1) is 11.8 Å². The smallest absolute Gasteiger partial charge is 0.343 e. The Hall–Kier alpha value is -2.46. The van der Waals surface area contributed by atoms with E-state index in [9.17, 15) is 9.90 Å². The molecule has 0 spiro atoms. The van der Waals surface area contributed by atoms with Gasteiger partial charge in [0.05, 0.1) is 5.56 Å². The Balaban J connectivity index is 1.54. The standard InChI is InChI=1S/C24H24O3S/c25-22-16-23(18-9-3-1-4-10-18)27-24(26)21(22)15-17-8-7-13-20(14-17)28-19-11-5-2-6-12-19/h1,3-4,7-10,13-14,16,19,25H,2,5-6,11-12,15H2. The maximum absolute atomic E-state index is 12.5. The number of hydrogen-bond donors (Lipinski definition) is 1. The van der Waals surface area contributed by atoms with Crippen LogP contribution in [0, 0.1) is 0 Å². The summed E-state index contributed by atoms with van der Waals surface area (Å²) in [6.45, 7) is 0. The van der Waals surface area contributed by atoms with E-state index in [1.54, 1.807) is 0 Å². The van der Waals surface area contributed by atoms with Gasteiger partial charge in [-0.3, -0.25) is 0 Å². The predicted molar refractivity (Wildman–Crippen MR) is 114 cm³/mol. The molecule has 1 heterocycles. The van der Waals surface area contributed by atoms with Crippen LogP contribution in [0.4, 0.5) is 0 Å². The van der Waals surface area contributed by atoms with Gasteiger partial charge in [0, 0.05) is 28.2 Å². The SMILES string of the molecule is O=c1oc(-c2ccccc2)cc(O)c1Cc1cccc(SC2CCCCC2)c1. The molecule has 3 nitrogen and oxygen atoms in total. The quantitative estimate of drug-likeness (QED) is 0.576. The second-order valence-electron chi connectivity index (χ2n) is 7.33. The zero-order valence-electron chi connectivity index (χ0n) is 15.8. The summed E-state index contributed by atoms with van der Waals surface area (Å²) in [6.07, 6.45) is 6.91. The minimum atomic E-state index is -0.482. The van der Waals surface area contributed by atoms with Crippen LogP contribution in [-0.2, 0) is 6.42 Å². The van der Waals surface area contributed by atoms with Crippen LogP contribution in [0.3, 0.4) is 0 Å². The summed E-state index contributed by atoms with van der Waals surface area (Å²) in [4.78, 5) is 13.7. The molecule has 3 aromatic rings. The van der Waals surface area contributed by atoms with Crippen LogP contribution in [-0.4, -0.2) is 10.4 Å². The van der Waals surface area contributed by atoms with Gasteiger partial charge < -0.3 is 9.52 Å². The molecule has 1 aromatic heterocycles. The molecule has 4 heteroatoms. The van der Waals surface area contributed by atoms with E-state index in [0.29, 0.717) is 23.0 Å². The average molecular weight is 393 g/mol. The van der Waals surface area contributed by atoms with Crippen LogP contribution < -0.4 is 5.63 Å². The van der Waals surface area contributed by atoms with E-state index in [1.807, 2.05) is 54.2 Å². The first-order valence-corrected chi connectivity index (χ1v) is 10.7. The van der Waals surface area contributed by atoms with E-state index in [1.165, 1.54) is 43.1 Å². The topological polar surface area (TPSA) is 50.4 Å². The number of rotatable bonds is 5. The number of aromatic hydroxyl groups is 1. The van der Waals surface area contributed by atoms with Crippen LogP contribution in [0.1, 0.15) is 43.2 Å². The van der Waals surface area contributed by atoms with Crippen molar-refractivity contribution in [2.45, 2.75) is 48.7 Å². The van der Waals surface area contributed by atoms with E-state index in [4.69, 9.17) is 4.42 Å². The Bertz CT molecular complexity index is 988. The molecule has 1 N–H and O–H groups in total. The molecule has 2 aromatic carbocycles. The van der Waals surface area contributed by atoms with Crippen molar-refractivity contribution in [3.8, 4) is 17.1 Å². The molecule has 0 atom stereocenters. The fourth-order valence-corrected chi connectivity index (χ4v) is 5.05. The van der Waals surface area contributed by atoms with Gasteiger partial charge in [0.25, 0.3) is 0 Å². The lowest BCUT2D eigenvalue weighted by Gasteiger charge is -2.21. The molecule has 1 fully saturated rings. The van der Waals surface area contributed by atoms with Crippen molar-refractivity contribution in [2.24, 2.45) is 0 Å². The molecule has 0 unspecified atom stereocenters. The molecule has 0 amide bonds. The molecule has 0 bridgehead atoms. The minimum Gasteiger partial charge on any atom is -0.507 e. The maximum Gasteiger partial charge on any atom is 0.343 e. The number of hydrogen-bond acceptors (Lipinski definition) is 4. The Labute approximate surface area is 169 Å². The molecule has 144 valence electrons. The summed E-state index contributed by atoms with van der Waals surface area (Å²) in [6, 6.07) is 19.2. The van der Waals surface area contributed by atoms with E-state index < -0.39 is 5.63 Å². The van der Waals surface area contributed by atoms with Crippen molar-refractivity contribution < 1.29 is 9.52 Å². The number of benzene rings is 2. The first kappa shape index (κ1) is 18.9. The van der Waals surface area contributed by atoms with Crippen molar-refractivity contribution in [3.05, 3.63) is 82.2 Å². The predicted octanol–water partition coefficient (Wildman–Crippen LogP) is 6.03. The lowest BCUT2D eigenvalue weighted by Crippen LogP contribution is -2.09. The molecule has 1 aliphatic rings. The second kappa shape index (κ2) is 8.70. The zero-order chi connectivity index (χ0) is 19.3. The van der Waals surface area contributed by atoms with Gasteiger partial charge in [-0.1, -0.05) is 61.7 Å². The first-order chi connectivity index (χ1) is 13.7. The van der Waals surface area contributed by atoms with Gasteiger partial charge in [0.15, 0.2) is 0 Å². The van der Waals surface area contributed by atoms with E-state index in [-0.39, 0.29) is 5.75 Å². The van der Waals surface area contributed by atoms with Crippen LogP contribution >= 0.6 is 11.8 Å². The highest BCUT2D eigenvalue weighted by atomic mass is 32.2. The summed E-state index contributed by atoms with van der Waals surface area (Å²) < 4.78 is 5.48. The molecular formula is C24H24O3S. The molecule has 0 saturated heterocycles. The van der Waals surface area contributed by atoms with E-state index >= 15 is 0 Å². The highest BCUT2D eigenvalue weighted by Crippen LogP contribution is 2.34. The Morgan fingerprint density at radius 3 is 2.50 bits per heavy atom. The maximum atomic E-state index is 12.5. The molecular weight excluding hydrogens is 368 g/mol. The van der Waals surface area contributed by atoms with Gasteiger partial charge in [0.1, 0.15) is 11.5 Å². The summed E-state index contributed by atoms with van der Waals surface area (Å²) in [5, 5.41) is 11.1. The van der Waals surface area contributed by atoms with Gasteiger partial charge in [-0.05, 0) is 30.5 Å². The van der Waals surface area contributed by atoms with Crippen molar-refractivity contribution in [3.63, 3.8) is 0 Å². The number of thioether (sulfide) groups is 1. The molecule has 28 heavy (non-hydrogen) atoms. The Morgan fingerprint density at radius 2 is 1.75 bits per heavy atom. The fourth-order valence-electron chi connectivity index (χ4n) is 3.72. The van der Waals surface area contributed by atoms with Crippen LogP contribution in [0.25, 0.3) is 11.3 Å². The highest BCUT2D eigenvalue weighted by molar-refractivity contribution is 8.00. The lowest BCUT2D eigenvalue weighted by atomic mass is 10.0. The third-order valence-corrected chi connectivity index (χ3v) is 6.55. The average Bonchev–Trinajstić information content (AvgIpc) is 2.72. The first-order valence-electron chi connectivity index (χ1n) is 9.86. The van der Waals surface area contributed by atoms with Gasteiger partial charge in [-0.2, -0.15) is 0 Å². The Kier molecular flexibility index (Phi) is 5.87. The van der Waals surface area contributed by atoms with Gasteiger partial charge >= 0.3 is 5.63 Å². The van der Waals surface area contributed by atoms with Gasteiger partial charge in [0.2, 0.25) is 0 Å². The Morgan fingerprint density at radius 1 is 0.964 bits per heavy atom. The third kappa shape index (κ3) is 4.50. The largest absolute Gasteiger partial charge is 0.507 e. The molecule has 1 aliphatic carbocycles. The van der Waals surface area contributed by atoms with Crippen molar-refractivity contribution in [2.75, 3.05) is 0 Å². The lowest BCUT2D eigenvalue weighted by molar-refractivity contribution is 0.443. The zero-order valence-corrected chi connectivity index (χ0v) is 16.6. The minimum absolute atomic E-state index is 0.0135. The van der Waals surface area contributed by atoms with E-state index in [2.05, 4.69) is 12.1 Å². The van der Waals surface area contributed by atoms with Gasteiger partial charge in [-0.25, -0.2) is 4.79 Å². The van der Waals surface area contributed by atoms with Crippen molar-refractivity contribution in [1.82, 2.24) is 0 Å². The van der Waals surface area contributed by atoms with E-state index in [0.717, 1.165) is 11.1 Å².